The highest BCUT2D eigenvalue weighted by molar-refractivity contribution is 5.53. The van der Waals surface area contributed by atoms with E-state index in [0.29, 0.717) is 29.5 Å². The number of hydrogen-bond acceptors (Lipinski definition) is 8. The lowest BCUT2D eigenvalue weighted by molar-refractivity contribution is 0.502. The maximum Gasteiger partial charge on any atom is 0.319 e. The molecule has 10 nitrogen and oxygen atoms in total. The summed E-state index contributed by atoms with van der Waals surface area (Å²) in [5, 5.41) is 20.8. The Hall–Kier alpha value is -4.15. The Morgan fingerprint density at radius 2 is 2.13 bits per heavy atom. The molecule has 0 saturated carbocycles. The minimum atomic E-state index is -0.408. The molecule has 0 radical (unpaired) electrons. The van der Waals surface area contributed by atoms with Crippen molar-refractivity contribution in [2.24, 2.45) is 0 Å². The second kappa shape index (κ2) is 6.44. The van der Waals surface area contributed by atoms with Crippen LogP contribution >= 0.6 is 0 Å². The number of nitrogens with zero attached hydrogens (tertiary/aromatic N) is 8. The number of fused-ring (bicyclic) bond motifs is 2. The van der Waals surface area contributed by atoms with E-state index in [4.69, 9.17) is 4.42 Å². The molecule has 30 heavy (non-hydrogen) atoms. The molecule has 0 aliphatic carbocycles. The highest BCUT2D eigenvalue weighted by atomic mass is 19.1. The maximum atomic E-state index is 14.3. The van der Waals surface area contributed by atoms with Crippen LogP contribution in [0.4, 0.5) is 10.4 Å². The van der Waals surface area contributed by atoms with Crippen LogP contribution in [0.25, 0.3) is 17.1 Å². The van der Waals surface area contributed by atoms with E-state index in [9.17, 15) is 4.39 Å². The van der Waals surface area contributed by atoms with Crippen LogP contribution in [0.5, 0.6) is 0 Å². The van der Waals surface area contributed by atoms with Crippen LogP contribution in [0.2, 0.25) is 0 Å². The van der Waals surface area contributed by atoms with Crippen molar-refractivity contribution in [3.63, 3.8) is 0 Å². The summed E-state index contributed by atoms with van der Waals surface area (Å²) in [6.45, 7) is 0.596. The first-order chi connectivity index (χ1) is 14.8. The monoisotopic (exact) mass is 403 g/mol. The third kappa shape index (κ3) is 2.55. The fourth-order valence-corrected chi connectivity index (χ4v) is 3.77. The summed E-state index contributed by atoms with van der Waals surface area (Å²) in [5.74, 6) is -0.0747. The molecule has 0 fully saturated rings. The fraction of sp³-hybridized carbons (Fsp3) is 0.158. The van der Waals surface area contributed by atoms with Gasteiger partial charge < -0.3 is 14.3 Å². The van der Waals surface area contributed by atoms with E-state index >= 15 is 0 Å². The van der Waals surface area contributed by atoms with E-state index in [1.54, 1.807) is 43.0 Å². The number of hydrogen-bond donors (Lipinski definition) is 1. The third-order valence-corrected chi connectivity index (χ3v) is 5.13. The predicted octanol–water partition coefficient (Wildman–Crippen LogP) is 2.19. The molecule has 0 saturated heterocycles. The maximum absolute atomic E-state index is 14.3. The van der Waals surface area contributed by atoms with Crippen molar-refractivity contribution in [1.29, 1.82) is 0 Å². The number of aromatic amines is 1. The second-order valence-corrected chi connectivity index (χ2v) is 6.87. The van der Waals surface area contributed by atoms with Crippen molar-refractivity contribution in [3.8, 4) is 11.6 Å². The zero-order chi connectivity index (χ0) is 20.1. The van der Waals surface area contributed by atoms with E-state index in [1.165, 1.54) is 10.6 Å². The number of halogens is 1. The zero-order valence-corrected chi connectivity index (χ0v) is 15.5. The molecule has 5 aromatic rings. The molecule has 5 aromatic heterocycles. The van der Waals surface area contributed by atoms with E-state index in [0.717, 1.165) is 17.8 Å². The van der Waals surface area contributed by atoms with Gasteiger partial charge in [-0.15, -0.1) is 10.2 Å². The standard InChI is InChI=1S/C19H14FN9O/c20-11-3-2-7-29-15(11)9-14(27-29)17-16-12(21-10-22-16)5-8-28(17)19-26-25-18(30-19)13-4-1-6-23-24-13/h1-4,6-7,9-10,17H,5,8H2,(H,21,22). The van der Waals surface area contributed by atoms with E-state index in [2.05, 4.69) is 35.5 Å². The van der Waals surface area contributed by atoms with Crippen molar-refractivity contribution in [2.45, 2.75) is 12.5 Å². The lowest BCUT2D eigenvalue weighted by Crippen LogP contribution is -2.36. The zero-order valence-electron chi connectivity index (χ0n) is 15.5. The molecule has 1 atom stereocenters. The van der Waals surface area contributed by atoms with Crippen molar-refractivity contribution < 1.29 is 8.81 Å². The van der Waals surface area contributed by atoms with Gasteiger partial charge in [0.05, 0.1) is 17.7 Å². The lowest BCUT2D eigenvalue weighted by Gasteiger charge is -2.32. The Morgan fingerprint density at radius 1 is 1.17 bits per heavy atom. The minimum absolute atomic E-state index is 0.269. The molecule has 6 heterocycles. The molecule has 1 N–H and O–H groups in total. The summed E-state index contributed by atoms with van der Waals surface area (Å²) in [6.07, 6.45) is 5.65. The Balaban J connectivity index is 1.46. The lowest BCUT2D eigenvalue weighted by atomic mass is 10.0. The van der Waals surface area contributed by atoms with Crippen molar-refractivity contribution in [3.05, 3.63) is 72.0 Å². The van der Waals surface area contributed by atoms with Gasteiger partial charge in [-0.05, 0) is 30.3 Å². The molecule has 1 aliphatic heterocycles. The normalized spacial score (nSPS) is 16.2. The minimum Gasteiger partial charge on any atom is -0.401 e. The molecule has 0 spiro atoms. The first-order valence-electron chi connectivity index (χ1n) is 9.32. The highest BCUT2D eigenvalue weighted by Gasteiger charge is 2.36. The smallest absolute Gasteiger partial charge is 0.319 e. The first kappa shape index (κ1) is 16.8. The van der Waals surface area contributed by atoms with Gasteiger partial charge in [0.1, 0.15) is 23.1 Å². The Labute approximate surface area is 168 Å². The number of aromatic nitrogens is 8. The molecule has 1 unspecified atom stereocenters. The van der Waals surface area contributed by atoms with Gasteiger partial charge in [-0.25, -0.2) is 13.9 Å². The van der Waals surface area contributed by atoms with E-state index in [1.807, 2.05) is 4.90 Å². The summed E-state index contributed by atoms with van der Waals surface area (Å²) in [4.78, 5) is 9.60. The topological polar surface area (TPSA) is 114 Å². The Kier molecular flexibility index (Phi) is 3.60. The van der Waals surface area contributed by atoms with Crippen LogP contribution in [-0.4, -0.2) is 46.5 Å². The Bertz CT molecular complexity index is 1340. The fourth-order valence-electron chi connectivity index (χ4n) is 3.77. The van der Waals surface area contributed by atoms with Gasteiger partial charge in [-0.2, -0.15) is 10.2 Å². The van der Waals surface area contributed by atoms with Crippen molar-refractivity contribution >= 4 is 11.5 Å². The van der Waals surface area contributed by atoms with Crippen molar-refractivity contribution in [1.82, 2.24) is 40.0 Å². The third-order valence-electron chi connectivity index (χ3n) is 5.13. The number of imidazole rings is 1. The summed E-state index contributed by atoms with van der Waals surface area (Å²) >= 11 is 0. The van der Waals surface area contributed by atoms with Crippen LogP contribution in [0, 0.1) is 5.82 Å². The summed E-state index contributed by atoms with van der Waals surface area (Å²) < 4.78 is 21.7. The molecule has 1 aliphatic rings. The first-order valence-corrected chi connectivity index (χ1v) is 9.32. The van der Waals surface area contributed by atoms with Crippen LogP contribution < -0.4 is 4.90 Å². The van der Waals surface area contributed by atoms with Crippen LogP contribution in [0.1, 0.15) is 23.1 Å². The van der Waals surface area contributed by atoms with Gasteiger partial charge in [-0.3, -0.25) is 0 Å². The summed E-state index contributed by atoms with van der Waals surface area (Å²) in [5.41, 5.74) is 3.31. The SMILES string of the molecule is Fc1cccn2nc(C3c4nc[nH]c4CCN3c3nnc(-c4cccnn4)o3)cc12. The van der Waals surface area contributed by atoms with Gasteiger partial charge in [0.2, 0.25) is 0 Å². The molecule has 148 valence electrons. The van der Waals surface area contributed by atoms with E-state index < -0.39 is 6.04 Å². The van der Waals surface area contributed by atoms with Gasteiger partial charge in [0, 0.05) is 31.1 Å². The van der Waals surface area contributed by atoms with Gasteiger partial charge in [-0.1, -0.05) is 5.10 Å². The number of nitrogens with one attached hydrogen (secondary N) is 1. The molecule has 0 aromatic carbocycles. The average Bonchev–Trinajstić information content (AvgIpc) is 3.52. The Morgan fingerprint density at radius 3 is 3.00 bits per heavy atom. The average molecular weight is 403 g/mol. The van der Waals surface area contributed by atoms with Gasteiger partial charge in [0.15, 0.2) is 0 Å². The largest absolute Gasteiger partial charge is 0.401 e. The molecule has 0 bridgehead atoms. The predicted molar refractivity (Wildman–Crippen MR) is 102 cm³/mol. The molecule has 11 heteroatoms. The van der Waals surface area contributed by atoms with Crippen LogP contribution in [-0.2, 0) is 6.42 Å². The van der Waals surface area contributed by atoms with Crippen LogP contribution in [0.15, 0.2) is 53.5 Å². The van der Waals surface area contributed by atoms with Gasteiger partial charge >= 0.3 is 6.01 Å². The molecular formula is C19H14FN9O. The van der Waals surface area contributed by atoms with Crippen LogP contribution in [0.3, 0.4) is 0 Å². The number of rotatable bonds is 3. The number of anilines is 1. The van der Waals surface area contributed by atoms with Crippen molar-refractivity contribution in [2.75, 3.05) is 11.4 Å². The highest BCUT2D eigenvalue weighted by Crippen LogP contribution is 2.36. The number of pyridine rings is 1. The quantitative estimate of drug-likeness (QED) is 0.488. The molecule has 6 rings (SSSR count). The number of H-pyrrole nitrogens is 1. The summed E-state index contributed by atoms with van der Waals surface area (Å²) in [7, 11) is 0. The molecular weight excluding hydrogens is 389 g/mol. The second-order valence-electron chi connectivity index (χ2n) is 6.87. The summed E-state index contributed by atoms with van der Waals surface area (Å²) in [6, 6.07) is 8.14. The molecule has 0 amide bonds. The van der Waals surface area contributed by atoms with E-state index in [-0.39, 0.29) is 11.7 Å². The van der Waals surface area contributed by atoms with Gasteiger partial charge in [0.25, 0.3) is 5.89 Å².